The highest BCUT2D eigenvalue weighted by Crippen LogP contribution is 2.34. The van der Waals surface area contributed by atoms with Crippen LogP contribution in [0.15, 0.2) is 47.8 Å². The number of aromatic nitrogens is 2. The second-order valence-corrected chi connectivity index (χ2v) is 7.35. The molecule has 0 bridgehead atoms. The third-order valence-corrected chi connectivity index (χ3v) is 5.28. The monoisotopic (exact) mass is 419 g/mol. The normalized spacial score (nSPS) is 13.1. The molecule has 0 spiro atoms. The number of nitrogens with zero attached hydrogens (tertiary/aromatic N) is 2. The van der Waals surface area contributed by atoms with Crippen LogP contribution in [-0.4, -0.2) is 32.6 Å². The van der Waals surface area contributed by atoms with Crippen LogP contribution in [0.4, 0.5) is 13.2 Å². The van der Waals surface area contributed by atoms with E-state index < -0.39 is 11.7 Å². The van der Waals surface area contributed by atoms with Crippen LogP contribution in [0.3, 0.4) is 0 Å². The molecule has 1 atom stereocenters. The van der Waals surface area contributed by atoms with E-state index in [9.17, 15) is 18.0 Å². The standard InChI is InChI=1S/C20H16F3N3O2S/c1-11(9-27)24-19(28)12-2-7-17-15(8-12)16-10-29-25-18(16)26(17)14-5-3-13(4-6-14)20(21,22)23/h2-8,10-11,27H,9H2,1H3,(H,24,28)/t11-/m0/s1. The quantitative estimate of drug-likeness (QED) is 0.516. The molecule has 5 nitrogen and oxygen atoms in total. The van der Waals surface area contributed by atoms with E-state index >= 15 is 0 Å². The largest absolute Gasteiger partial charge is 0.416 e. The molecule has 4 aromatic rings. The maximum Gasteiger partial charge on any atom is 0.416 e. The topological polar surface area (TPSA) is 67.2 Å². The third-order valence-electron chi connectivity index (χ3n) is 4.66. The van der Waals surface area contributed by atoms with Crippen molar-refractivity contribution in [1.29, 1.82) is 0 Å². The van der Waals surface area contributed by atoms with Crippen LogP contribution < -0.4 is 5.32 Å². The van der Waals surface area contributed by atoms with Crippen molar-refractivity contribution in [3.8, 4) is 5.69 Å². The summed E-state index contributed by atoms with van der Waals surface area (Å²) in [5, 5.41) is 15.2. The molecule has 4 rings (SSSR count). The van der Waals surface area contributed by atoms with Crippen molar-refractivity contribution in [3.05, 3.63) is 59.0 Å². The number of rotatable bonds is 4. The molecule has 0 unspecified atom stereocenters. The number of halogens is 3. The van der Waals surface area contributed by atoms with Crippen molar-refractivity contribution >= 4 is 39.4 Å². The van der Waals surface area contributed by atoms with Crippen LogP contribution in [-0.2, 0) is 6.18 Å². The molecule has 0 saturated heterocycles. The van der Waals surface area contributed by atoms with Gasteiger partial charge in [0, 0.05) is 33.4 Å². The predicted molar refractivity (Wildman–Crippen MR) is 105 cm³/mol. The molecular formula is C20H16F3N3O2S. The highest BCUT2D eigenvalue weighted by atomic mass is 32.1. The molecule has 0 aliphatic rings. The number of nitrogens with one attached hydrogen (secondary N) is 1. The number of hydrogen-bond acceptors (Lipinski definition) is 4. The van der Waals surface area contributed by atoms with E-state index in [0.717, 1.165) is 28.4 Å². The Kier molecular flexibility index (Phi) is 4.79. The van der Waals surface area contributed by atoms with Crippen LogP contribution in [0.5, 0.6) is 0 Å². The molecule has 0 aliphatic carbocycles. The van der Waals surface area contributed by atoms with Gasteiger partial charge in [-0.1, -0.05) is 0 Å². The number of carbonyl (C=O) groups is 1. The van der Waals surface area contributed by atoms with E-state index in [1.807, 2.05) is 5.38 Å². The van der Waals surface area contributed by atoms with E-state index in [4.69, 9.17) is 5.11 Å². The Morgan fingerprint density at radius 3 is 2.59 bits per heavy atom. The SMILES string of the molecule is C[C@@H](CO)NC(=O)c1ccc2c(c1)c1csnc1n2-c1ccc(C(F)(F)F)cc1. The Morgan fingerprint density at radius 1 is 1.21 bits per heavy atom. The van der Waals surface area contributed by atoms with Crippen molar-refractivity contribution in [3.63, 3.8) is 0 Å². The zero-order valence-electron chi connectivity index (χ0n) is 15.2. The van der Waals surface area contributed by atoms with Crippen molar-refractivity contribution in [2.75, 3.05) is 6.61 Å². The van der Waals surface area contributed by atoms with Crippen LogP contribution in [0.2, 0.25) is 0 Å². The molecule has 2 N–H and O–H groups in total. The molecule has 1 amide bonds. The first-order valence-electron chi connectivity index (χ1n) is 8.77. The smallest absolute Gasteiger partial charge is 0.394 e. The van der Waals surface area contributed by atoms with Gasteiger partial charge in [0.2, 0.25) is 0 Å². The molecule has 0 aliphatic heterocycles. The first-order valence-corrected chi connectivity index (χ1v) is 9.61. The fraction of sp³-hybridized carbons (Fsp3) is 0.200. The molecule has 9 heteroatoms. The maximum absolute atomic E-state index is 12.9. The first-order chi connectivity index (χ1) is 13.8. The van der Waals surface area contributed by atoms with Crippen molar-refractivity contribution < 1.29 is 23.1 Å². The Labute approximate surface area is 167 Å². The molecule has 2 aromatic carbocycles. The van der Waals surface area contributed by atoms with Crippen LogP contribution in [0, 0.1) is 0 Å². The lowest BCUT2D eigenvalue weighted by Crippen LogP contribution is -2.34. The average molecular weight is 419 g/mol. The van der Waals surface area contributed by atoms with Gasteiger partial charge < -0.3 is 10.4 Å². The minimum atomic E-state index is -4.40. The number of carbonyl (C=O) groups excluding carboxylic acids is 1. The summed E-state index contributed by atoms with van der Waals surface area (Å²) in [4.78, 5) is 12.4. The van der Waals surface area contributed by atoms with Crippen molar-refractivity contribution in [2.24, 2.45) is 0 Å². The summed E-state index contributed by atoms with van der Waals surface area (Å²) in [6.45, 7) is 1.52. The predicted octanol–water partition coefficient (Wildman–Crippen LogP) is 4.37. The van der Waals surface area contributed by atoms with Gasteiger partial charge in [0.25, 0.3) is 5.91 Å². The van der Waals surface area contributed by atoms with E-state index in [2.05, 4.69) is 9.69 Å². The van der Waals surface area contributed by atoms with E-state index in [1.54, 1.807) is 29.7 Å². The molecular weight excluding hydrogens is 403 g/mol. The summed E-state index contributed by atoms with van der Waals surface area (Å²) in [5.74, 6) is -0.313. The third kappa shape index (κ3) is 3.47. The number of aliphatic hydroxyl groups is 1. The Morgan fingerprint density at radius 2 is 1.93 bits per heavy atom. The molecule has 2 aromatic heterocycles. The van der Waals surface area contributed by atoms with Gasteiger partial charge in [-0.2, -0.15) is 17.5 Å². The fourth-order valence-corrected chi connectivity index (χ4v) is 3.86. The Balaban J connectivity index is 1.83. The van der Waals surface area contributed by atoms with E-state index in [-0.39, 0.29) is 18.6 Å². The summed E-state index contributed by atoms with van der Waals surface area (Å²) in [7, 11) is 0. The number of benzene rings is 2. The molecule has 29 heavy (non-hydrogen) atoms. The molecule has 2 heterocycles. The van der Waals surface area contributed by atoms with Crippen LogP contribution >= 0.6 is 11.5 Å². The lowest BCUT2D eigenvalue weighted by Gasteiger charge is -2.11. The average Bonchev–Trinajstić information content (AvgIpc) is 3.27. The Bertz CT molecular complexity index is 1200. The van der Waals surface area contributed by atoms with Crippen LogP contribution in [0.1, 0.15) is 22.8 Å². The van der Waals surface area contributed by atoms with Gasteiger partial charge in [0.1, 0.15) is 0 Å². The summed E-state index contributed by atoms with van der Waals surface area (Å²) >= 11 is 1.23. The van der Waals surface area contributed by atoms with Gasteiger partial charge in [-0.05, 0) is 60.9 Å². The molecule has 0 saturated carbocycles. The van der Waals surface area contributed by atoms with Gasteiger partial charge in [-0.25, -0.2) is 0 Å². The van der Waals surface area contributed by atoms with Gasteiger partial charge in [0.05, 0.1) is 17.7 Å². The number of fused-ring (bicyclic) bond motifs is 3. The molecule has 0 radical (unpaired) electrons. The van der Waals surface area contributed by atoms with E-state index in [0.29, 0.717) is 16.9 Å². The number of alkyl halides is 3. The lowest BCUT2D eigenvalue weighted by molar-refractivity contribution is -0.137. The zero-order valence-corrected chi connectivity index (χ0v) is 16.0. The minimum absolute atomic E-state index is 0.170. The number of hydrogen-bond donors (Lipinski definition) is 2. The van der Waals surface area contributed by atoms with Gasteiger partial charge in [-0.3, -0.25) is 9.36 Å². The second kappa shape index (κ2) is 7.16. The second-order valence-electron chi connectivity index (χ2n) is 6.72. The fourth-order valence-electron chi connectivity index (χ4n) is 3.19. The Hall–Kier alpha value is -2.91. The molecule has 150 valence electrons. The van der Waals surface area contributed by atoms with E-state index in [1.165, 1.54) is 23.7 Å². The highest BCUT2D eigenvalue weighted by molar-refractivity contribution is 7.05. The van der Waals surface area contributed by atoms with Crippen LogP contribution in [0.25, 0.3) is 27.6 Å². The maximum atomic E-state index is 12.9. The number of aliphatic hydroxyl groups excluding tert-OH is 1. The first kappa shape index (κ1) is 19.4. The summed E-state index contributed by atoms with van der Waals surface area (Å²) in [6.07, 6.45) is -4.40. The summed E-state index contributed by atoms with van der Waals surface area (Å²) in [6, 6.07) is 9.64. The zero-order chi connectivity index (χ0) is 20.8. The van der Waals surface area contributed by atoms with Gasteiger partial charge >= 0.3 is 6.18 Å². The highest BCUT2D eigenvalue weighted by Gasteiger charge is 2.30. The van der Waals surface area contributed by atoms with Crippen molar-refractivity contribution in [2.45, 2.75) is 19.1 Å². The number of amides is 1. The molecule has 0 fully saturated rings. The lowest BCUT2D eigenvalue weighted by atomic mass is 10.1. The van der Waals surface area contributed by atoms with Gasteiger partial charge in [-0.15, -0.1) is 0 Å². The summed E-state index contributed by atoms with van der Waals surface area (Å²) < 4.78 is 44.8. The van der Waals surface area contributed by atoms with Crippen molar-refractivity contribution in [1.82, 2.24) is 14.3 Å². The van der Waals surface area contributed by atoms with Gasteiger partial charge in [0.15, 0.2) is 5.65 Å². The summed E-state index contributed by atoms with van der Waals surface area (Å²) in [5.41, 5.74) is 1.61. The minimum Gasteiger partial charge on any atom is -0.394 e.